The van der Waals surface area contributed by atoms with Crippen LogP contribution in [0.3, 0.4) is 0 Å². The maximum absolute atomic E-state index is 10.7. The van der Waals surface area contributed by atoms with E-state index in [0.29, 0.717) is 12.3 Å². The number of benzene rings is 1. The first kappa shape index (κ1) is 13.2. The fourth-order valence-electron chi connectivity index (χ4n) is 1.95. The first-order chi connectivity index (χ1) is 9.20. The van der Waals surface area contributed by atoms with Crippen LogP contribution in [-0.4, -0.2) is 11.1 Å². The number of carboxylic acids is 1. The number of hydrogen-bond donors (Lipinski definition) is 2. The molecule has 100 valence electrons. The SMILES string of the molecule is CCCc1ccccc1NCc1cc(C(=O)O)co1. The van der Waals surface area contributed by atoms with E-state index in [9.17, 15) is 4.79 Å². The quantitative estimate of drug-likeness (QED) is 0.832. The molecule has 0 bridgehead atoms. The molecular weight excluding hydrogens is 242 g/mol. The monoisotopic (exact) mass is 259 g/mol. The summed E-state index contributed by atoms with van der Waals surface area (Å²) < 4.78 is 5.20. The van der Waals surface area contributed by atoms with Gasteiger partial charge in [0.1, 0.15) is 12.0 Å². The molecule has 2 aromatic rings. The molecule has 2 rings (SSSR count). The van der Waals surface area contributed by atoms with Crippen LogP contribution in [0.25, 0.3) is 0 Å². The van der Waals surface area contributed by atoms with Gasteiger partial charge in [-0.15, -0.1) is 0 Å². The third kappa shape index (κ3) is 3.37. The van der Waals surface area contributed by atoms with Crippen LogP contribution >= 0.6 is 0 Å². The molecule has 0 amide bonds. The van der Waals surface area contributed by atoms with Crippen LogP contribution < -0.4 is 5.32 Å². The van der Waals surface area contributed by atoms with Crippen molar-refractivity contribution >= 4 is 11.7 Å². The summed E-state index contributed by atoms with van der Waals surface area (Å²) in [7, 11) is 0. The highest BCUT2D eigenvalue weighted by Crippen LogP contribution is 2.18. The molecule has 0 atom stereocenters. The van der Waals surface area contributed by atoms with Crippen molar-refractivity contribution in [1.82, 2.24) is 0 Å². The van der Waals surface area contributed by atoms with Gasteiger partial charge in [-0.25, -0.2) is 4.79 Å². The van der Waals surface area contributed by atoms with Gasteiger partial charge < -0.3 is 14.8 Å². The summed E-state index contributed by atoms with van der Waals surface area (Å²) in [6.07, 6.45) is 3.36. The van der Waals surface area contributed by atoms with Crippen LogP contribution in [0.5, 0.6) is 0 Å². The van der Waals surface area contributed by atoms with Crippen molar-refractivity contribution in [3.05, 3.63) is 53.5 Å². The van der Waals surface area contributed by atoms with Crippen LogP contribution in [0.4, 0.5) is 5.69 Å². The zero-order valence-corrected chi connectivity index (χ0v) is 10.8. The van der Waals surface area contributed by atoms with Crippen LogP contribution in [0.15, 0.2) is 41.0 Å². The number of nitrogens with one attached hydrogen (secondary N) is 1. The summed E-state index contributed by atoms with van der Waals surface area (Å²) in [5, 5.41) is 12.1. The van der Waals surface area contributed by atoms with Crippen molar-refractivity contribution in [2.45, 2.75) is 26.3 Å². The van der Waals surface area contributed by atoms with E-state index in [1.54, 1.807) is 0 Å². The molecule has 0 saturated carbocycles. The lowest BCUT2D eigenvalue weighted by molar-refractivity contribution is 0.0696. The van der Waals surface area contributed by atoms with Crippen molar-refractivity contribution in [3.63, 3.8) is 0 Å². The maximum Gasteiger partial charge on any atom is 0.338 e. The number of carboxylic acid groups (broad SMARTS) is 1. The van der Waals surface area contributed by atoms with Crippen molar-refractivity contribution in [1.29, 1.82) is 0 Å². The second-order valence-electron chi connectivity index (χ2n) is 4.37. The third-order valence-corrected chi connectivity index (χ3v) is 2.89. The summed E-state index contributed by atoms with van der Waals surface area (Å²) in [6.45, 7) is 2.62. The summed E-state index contributed by atoms with van der Waals surface area (Å²) in [4.78, 5) is 10.7. The molecule has 0 aliphatic carbocycles. The standard InChI is InChI=1S/C15H17NO3/c1-2-5-11-6-3-4-7-14(11)16-9-13-8-12(10-19-13)15(17)18/h3-4,6-8,10,16H,2,5,9H2,1H3,(H,17,18). The fourth-order valence-corrected chi connectivity index (χ4v) is 1.95. The first-order valence-corrected chi connectivity index (χ1v) is 6.33. The number of aromatic carboxylic acids is 1. The molecule has 2 N–H and O–H groups in total. The van der Waals surface area contributed by atoms with E-state index in [-0.39, 0.29) is 5.56 Å². The highest BCUT2D eigenvalue weighted by molar-refractivity contribution is 5.87. The van der Waals surface area contributed by atoms with E-state index in [1.807, 2.05) is 18.2 Å². The lowest BCUT2D eigenvalue weighted by Crippen LogP contribution is -2.01. The third-order valence-electron chi connectivity index (χ3n) is 2.89. The van der Waals surface area contributed by atoms with E-state index >= 15 is 0 Å². The van der Waals surface area contributed by atoms with Gasteiger partial charge in [-0.1, -0.05) is 31.5 Å². The van der Waals surface area contributed by atoms with E-state index in [0.717, 1.165) is 18.5 Å². The average Bonchev–Trinajstić information content (AvgIpc) is 2.87. The topological polar surface area (TPSA) is 62.5 Å². The average molecular weight is 259 g/mol. The summed E-state index contributed by atoms with van der Waals surface area (Å²) in [6, 6.07) is 9.65. The predicted molar refractivity (Wildman–Crippen MR) is 73.4 cm³/mol. The number of rotatable bonds is 6. The molecule has 19 heavy (non-hydrogen) atoms. The number of anilines is 1. The van der Waals surface area contributed by atoms with Gasteiger partial charge >= 0.3 is 5.97 Å². The van der Waals surface area contributed by atoms with Gasteiger partial charge in [-0.05, 0) is 24.1 Å². The second-order valence-corrected chi connectivity index (χ2v) is 4.37. The van der Waals surface area contributed by atoms with E-state index in [2.05, 4.69) is 18.3 Å². The van der Waals surface area contributed by atoms with Gasteiger partial charge in [0, 0.05) is 5.69 Å². The Morgan fingerprint density at radius 1 is 1.37 bits per heavy atom. The molecule has 0 saturated heterocycles. The lowest BCUT2D eigenvalue weighted by atomic mass is 10.1. The smallest absolute Gasteiger partial charge is 0.338 e. The van der Waals surface area contributed by atoms with Crippen molar-refractivity contribution in [2.24, 2.45) is 0 Å². The maximum atomic E-state index is 10.7. The minimum Gasteiger partial charge on any atom is -0.478 e. The van der Waals surface area contributed by atoms with Gasteiger partial charge in [0.05, 0.1) is 12.1 Å². The van der Waals surface area contributed by atoms with Crippen molar-refractivity contribution in [3.8, 4) is 0 Å². The van der Waals surface area contributed by atoms with Gasteiger partial charge in [0.2, 0.25) is 0 Å². The van der Waals surface area contributed by atoms with E-state index < -0.39 is 5.97 Å². The van der Waals surface area contributed by atoms with E-state index in [4.69, 9.17) is 9.52 Å². The first-order valence-electron chi connectivity index (χ1n) is 6.33. The Balaban J connectivity index is 2.03. The number of carbonyl (C=O) groups is 1. The minimum absolute atomic E-state index is 0.179. The normalized spacial score (nSPS) is 10.4. The lowest BCUT2D eigenvalue weighted by Gasteiger charge is -2.10. The van der Waals surface area contributed by atoms with Crippen LogP contribution in [-0.2, 0) is 13.0 Å². The molecule has 4 heteroatoms. The molecule has 1 aromatic carbocycles. The Hall–Kier alpha value is -2.23. The van der Waals surface area contributed by atoms with Crippen LogP contribution in [0.2, 0.25) is 0 Å². The highest BCUT2D eigenvalue weighted by atomic mass is 16.4. The molecule has 4 nitrogen and oxygen atoms in total. The molecule has 0 radical (unpaired) electrons. The number of furan rings is 1. The number of hydrogen-bond acceptors (Lipinski definition) is 3. The largest absolute Gasteiger partial charge is 0.478 e. The zero-order valence-electron chi connectivity index (χ0n) is 10.8. The predicted octanol–water partition coefficient (Wildman–Crippen LogP) is 3.54. The van der Waals surface area contributed by atoms with Gasteiger partial charge in [-0.2, -0.15) is 0 Å². The Morgan fingerprint density at radius 3 is 2.84 bits per heavy atom. The van der Waals surface area contributed by atoms with Gasteiger partial charge in [0.15, 0.2) is 0 Å². The molecular formula is C15H17NO3. The molecule has 0 aliphatic heterocycles. The summed E-state index contributed by atoms with van der Waals surface area (Å²) >= 11 is 0. The second kappa shape index (κ2) is 6.09. The number of aryl methyl sites for hydroxylation is 1. The number of para-hydroxylation sites is 1. The molecule has 0 fully saturated rings. The van der Waals surface area contributed by atoms with Crippen molar-refractivity contribution in [2.75, 3.05) is 5.32 Å². The highest BCUT2D eigenvalue weighted by Gasteiger charge is 2.08. The summed E-state index contributed by atoms with van der Waals surface area (Å²) in [5.74, 6) is -0.356. The fraction of sp³-hybridized carbons (Fsp3) is 0.267. The molecule has 0 aliphatic rings. The van der Waals surface area contributed by atoms with Gasteiger partial charge in [0.25, 0.3) is 0 Å². The van der Waals surface area contributed by atoms with Crippen LogP contribution in [0.1, 0.15) is 35.0 Å². The molecule has 0 unspecified atom stereocenters. The molecule has 1 heterocycles. The Morgan fingerprint density at radius 2 is 2.16 bits per heavy atom. The van der Waals surface area contributed by atoms with Crippen molar-refractivity contribution < 1.29 is 14.3 Å². The van der Waals surface area contributed by atoms with E-state index in [1.165, 1.54) is 17.9 Å². The Bertz CT molecular complexity index is 560. The zero-order chi connectivity index (χ0) is 13.7. The minimum atomic E-state index is -0.971. The summed E-state index contributed by atoms with van der Waals surface area (Å²) in [5.41, 5.74) is 2.51. The Labute approximate surface area is 112 Å². The van der Waals surface area contributed by atoms with Gasteiger partial charge in [-0.3, -0.25) is 0 Å². The molecule has 1 aromatic heterocycles. The Kier molecular flexibility index (Phi) is 4.23. The molecule has 0 spiro atoms. The van der Waals surface area contributed by atoms with Crippen LogP contribution in [0, 0.1) is 0 Å².